The van der Waals surface area contributed by atoms with Crippen LogP contribution in [0.4, 0.5) is 4.39 Å². The minimum atomic E-state index is -0.865. The van der Waals surface area contributed by atoms with Crippen molar-refractivity contribution in [2.45, 2.75) is 23.6 Å². The van der Waals surface area contributed by atoms with Gasteiger partial charge >= 0.3 is 0 Å². The highest BCUT2D eigenvalue weighted by Crippen LogP contribution is 2.25. The van der Waals surface area contributed by atoms with Crippen LogP contribution in [0.1, 0.15) is 6.42 Å². The number of rotatable bonds is 0. The molecule has 0 aromatic heterocycles. The van der Waals surface area contributed by atoms with Crippen LogP contribution in [-0.4, -0.2) is 33.7 Å². The highest BCUT2D eigenvalue weighted by atomic mass is 79.9. The van der Waals surface area contributed by atoms with E-state index in [2.05, 4.69) is 26.8 Å². The SMILES string of the molecule is FC1CC(Br)CN2C(=S)NNC12. The summed E-state index contributed by atoms with van der Waals surface area (Å²) in [4.78, 5) is 2.03. The van der Waals surface area contributed by atoms with Crippen molar-refractivity contribution in [2.75, 3.05) is 6.54 Å². The molecule has 3 unspecified atom stereocenters. The molecule has 0 aromatic carbocycles. The molecule has 3 nitrogen and oxygen atoms in total. The van der Waals surface area contributed by atoms with Crippen LogP contribution >= 0.6 is 28.1 Å². The van der Waals surface area contributed by atoms with Crippen molar-refractivity contribution in [2.24, 2.45) is 0 Å². The largest absolute Gasteiger partial charge is 0.327 e. The van der Waals surface area contributed by atoms with Crippen LogP contribution in [0.5, 0.6) is 0 Å². The molecule has 68 valence electrons. The molecule has 2 saturated heterocycles. The zero-order chi connectivity index (χ0) is 8.72. The smallest absolute Gasteiger partial charge is 0.184 e. The van der Waals surface area contributed by atoms with Gasteiger partial charge in [0.05, 0.1) is 0 Å². The summed E-state index contributed by atoms with van der Waals surface area (Å²) >= 11 is 8.38. The van der Waals surface area contributed by atoms with Crippen molar-refractivity contribution in [3.05, 3.63) is 0 Å². The number of nitrogens with zero attached hydrogens (tertiary/aromatic N) is 1. The normalized spacial score (nSPS) is 41.0. The fraction of sp³-hybridized carbons (Fsp3) is 0.833. The van der Waals surface area contributed by atoms with Crippen LogP contribution in [0.3, 0.4) is 0 Å². The molecule has 0 radical (unpaired) electrons. The highest BCUT2D eigenvalue weighted by molar-refractivity contribution is 9.09. The van der Waals surface area contributed by atoms with Gasteiger partial charge in [-0.2, -0.15) is 0 Å². The second kappa shape index (κ2) is 3.08. The van der Waals surface area contributed by atoms with Crippen molar-refractivity contribution in [1.82, 2.24) is 15.8 Å². The van der Waals surface area contributed by atoms with E-state index < -0.39 is 6.17 Å². The molecule has 2 rings (SSSR count). The topological polar surface area (TPSA) is 27.3 Å². The summed E-state index contributed by atoms with van der Waals surface area (Å²) in [6, 6.07) is 0. The van der Waals surface area contributed by atoms with Crippen molar-refractivity contribution < 1.29 is 4.39 Å². The van der Waals surface area contributed by atoms with E-state index in [1.165, 1.54) is 0 Å². The van der Waals surface area contributed by atoms with Gasteiger partial charge in [0.15, 0.2) is 5.11 Å². The molecule has 3 atom stereocenters. The quantitative estimate of drug-likeness (QED) is 0.486. The van der Waals surface area contributed by atoms with E-state index >= 15 is 0 Å². The Morgan fingerprint density at radius 2 is 2.42 bits per heavy atom. The Balaban J connectivity index is 2.14. The van der Waals surface area contributed by atoms with Gasteiger partial charge in [-0.1, -0.05) is 15.9 Å². The standard InChI is InChI=1S/C6H9BrFN3S/c7-3-1-4(8)5-9-10-6(12)11(5)2-3/h3-5,9H,1-2H2,(H,10,12). The molecular formula is C6H9BrFN3S. The Morgan fingerprint density at radius 3 is 3.17 bits per heavy atom. The van der Waals surface area contributed by atoms with Crippen LogP contribution in [-0.2, 0) is 0 Å². The first-order chi connectivity index (χ1) is 5.68. The predicted molar refractivity (Wildman–Crippen MR) is 51.6 cm³/mol. The molecule has 2 fully saturated rings. The fourth-order valence-electron chi connectivity index (χ4n) is 1.56. The Hall–Kier alpha value is 0.0600. The number of alkyl halides is 2. The number of hydrogen-bond acceptors (Lipinski definition) is 2. The van der Waals surface area contributed by atoms with E-state index in [9.17, 15) is 4.39 Å². The minimum Gasteiger partial charge on any atom is -0.327 e. The fourth-order valence-corrected chi connectivity index (χ4v) is 2.47. The lowest BCUT2D eigenvalue weighted by atomic mass is 10.1. The van der Waals surface area contributed by atoms with E-state index in [-0.39, 0.29) is 11.0 Å². The first kappa shape index (κ1) is 8.65. The summed E-state index contributed by atoms with van der Waals surface area (Å²) in [5, 5.41) is 0.590. The third-order valence-corrected chi connectivity index (χ3v) is 3.14. The summed E-state index contributed by atoms with van der Waals surface area (Å²) in [7, 11) is 0. The monoisotopic (exact) mass is 253 g/mol. The van der Waals surface area contributed by atoms with Gasteiger partial charge in [0.25, 0.3) is 0 Å². The highest BCUT2D eigenvalue weighted by Gasteiger charge is 2.40. The van der Waals surface area contributed by atoms with Crippen molar-refractivity contribution in [3.8, 4) is 0 Å². The van der Waals surface area contributed by atoms with Gasteiger partial charge in [-0.15, -0.1) is 0 Å². The zero-order valence-electron chi connectivity index (χ0n) is 6.26. The third kappa shape index (κ3) is 1.31. The first-order valence-electron chi connectivity index (χ1n) is 3.79. The molecule has 0 amide bonds. The van der Waals surface area contributed by atoms with Crippen molar-refractivity contribution in [3.63, 3.8) is 0 Å². The zero-order valence-corrected chi connectivity index (χ0v) is 8.66. The molecule has 2 heterocycles. The number of halogens is 2. The van der Waals surface area contributed by atoms with Crippen LogP contribution in [0.25, 0.3) is 0 Å². The Kier molecular flexibility index (Phi) is 2.22. The van der Waals surface area contributed by atoms with Crippen LogP contribution in [0.2, 0.25) is 0 Å². The number of fused-ring (bicyclic) bond motifs is 1. The van der Waals surface area contributed by atoms with E-state index in [4.69, 9.17) is 12.2 Å². The third-order valence-electron chi connectivity index (χ3n) is 2.14. The molecule has 0 spiro atoms. The van der Waals surface area contributed by atoms with Gasteiger partial charge in [0.1, 0.15) is 12.3 Å². The van der Waals surface area contributed by atoms with Crippen LogP contribution in [0.15, 0.2) is 0 Å². The molecule has 6 heteroatoms. The molecule has 0 bridgehead atoms. The first-order valence-corrected chi connectivity index (χ1v) is 5.11. The summed E-state index contributed by atoms with van der Waals surface area (Å²) in [5.41, 5.74) is 5.58. The molecule has 2 aliphatic rings. The van der Waals surface area contributed by atoms with E-state index in [0.29, 0.717) is 11.5 Å². The van der Waals surface area contributed by atoms with Gasteiger partial charge < -0.3 is 4.90 Å². The number of thiocarbonyl (C=S) groups is 1. The van der Waals surface area contributed by atoms with Crippen molar-refractivity contribution in [1.29, 1.82) is 0 Å². The molecule has 0 aromatic rings. The molecule has 0 aliphatic carbocycles. The Bertz CT molecular complexity index is 215. The summed E-state index contributed by atoms with van der Waals surface area (Å²) in [5.74, 6) is 0. The van der Waals surface area contributed by atoms with Gasteiger partial charge in [-0.25, -0.2) is 9.82 Å². The second-order valence-electron chi connectivity index (χ2n) is 3.02. The lowest BCUT2D eigenvalue weighted by Gasteiger charge is -2.34. The molecule has 12 heavy (non-hydrogen) atoms. The second-order valence-corrected chi connectivity index (χ2v) is 4.70. The lowest BCUT2D eigenvalue weighted by Crippen LogP contribution is -2.51. The van der Waals surface area contributed by atoms with Crippen LogP contribution in [0, 0.1) is 0 Å². The molecule has 2 N–H and O–H groups in total. The average Bonchev–Trinajstić information content (AvgIpc) is 2.33. The van der Waals surface area contributed by atoms with Gasteiger partial charge in [-0.05, 0) is 18.6 Å². The Labute approximate surface area is 83.8 Å². The van der Waals surface area contributed by atoms with Crippen LogP contribution < -0.4 is 10.9 Å². The van der Waals surface area contributed by atoms with Gasteiger partial charge in [-0.3, -0.25) is 5.43 Å². The molecular weight excluding hydrogens is 245 g/mol. The molecule has 2 aliphatic heterocycles. The maximum absolute atomic E-state index is 13.3. The van der Waals surface area contributed by atoms with Gasteiger partial charge in [0.2, 0.25) is 0 Å². The maximum atomic E-state index is 13.3. The van der Waals surface area contributed by atoms with E-state index in [1.54, 1.807) is 0 Å². The van der Waals surface area contributed by atoms with E-state index in [1.807, 2.05) is 4.90 Å². The average molecular weight is 254 g/mol. The maximum Gasteiger partial charge on any atom is 0.184 e. The van der Waals surface area contributed by atoms with Gasteiger partial charge in [0, 0.05) is 11.4 Å². The Morgan fingerprint density at radius 1 is 1.67 bits per heavy atom. The number of nitrogens with one attached hydrogen (secondary N) is 2. The summed E-state index contributed by atoms with van der Waals surface area (Å²) in [6.07, 6.45) is -0.597. The van der Waals surface area contributed by atoms with Crippen molar-refractivity contribution >= 4 is 33.3 Å². The predicted octanol–water partition coefficient (Wildman–Crippen LogP) is 0.513. The number of hydrazine groups is 1. The number of piperidine rings is 1. The summed E-state index contributed by atoms with van der Waals surface area (Å²) in [6.45, 7) is 0.768. The molecule has 0 saturated carbocycles. The van der Waals surface area contributed by atoms with E-state index in [0.717, 1.165) is 6.54 Å². The lowest BCUT2D eigenvalue weighted by molar-refractivity contribution is 0.121. The summed E-state index contributed by atoms with van der Waals surface area (Å²) < 4.78 is 13.3. The number of hydrogen-bond donors (Lipinski definition) is 2. The minimum absolute atomic E-state index is 0.198.